The average molecular weight is 486 g/mol. The molecule has 0 radical (unpaired) electrons. The summed E-state index contributed by atoms with van der Waals surface area (Å²) in [6, 6.07) is 15.6. The Balaban J connectivity index is 1.68. The molecule has 1 amide bonds. The average Bonchev–Trinajstić information content (AvgIpc) is 3.67. The van der Waals surface area contributed by atoms with Crippen LogP contribution in [0.15, 0.2) is 48.5 Å². The molecule has 2 aromatic rings. The summed E-state index contributed by atoms with van der Waals surface area (Å²) in [5, 5.41) is 11.0. The van der Waals surface area contributed by atoms with Gasteiger partial charge >= 0.3 is 5.97 Å². The van der Waals surface area contributed by atoms with Gasteiger partial charge in [-0.05, 0) is 79.3 Å². The molecule has 1 aliphatic heterocycles. The van der Waals surface area contributed by atoms with Gasteiger partial charge in [0, 0.05) is 22.0 Å². The molecule has 5 rings (SSSR count). The summed E-state index contributed by atoms with van der Waals surface area (Å²) < 4.78 is 0. The molecule has 2 saturated carbocycles. The Labute approximate surface area is 204 Å². The third-order valence-corrected chi connectivity index (χ3v) is 8.15. The van der Waals surface area contributed by atoms with Gasteiger partial charge in [-0.15, -0.1) is 0 Å². The second-order valence-electron chi connectivity index (χ2n) is 10.4. The number of aliphatic carboxylic acids is 1. The first kappa shape index (κ1) is 22.7. The van der Waals surface area contributed by atoms with Crippen LogP contribution in [-0.4, -0.2) is 27.9 Å². The third-order valence-electron chi connectivity index (χ3n) is 7.66. The SMILES string of the molecule is CC1(CC(=O)O)CC(c2cccc(Cl)c2)C(c2ccc(Cl)cc2)N(C(C2CC2)C2CC2)C1=O. The van der Waals surface area contributed by atoms with Crippen LogP contribution in [0.5, 0.6) is 0 Å². The van der Waals surface area contributed by atoms with Gasteiger partial charge in [-0.2, -0.15) is 0 Å². The van der Waals surface area contributed by atoms with Gasteiger partial charge in [-0.3, -0.25) is 9.59 Å². The van der Waals surface area contributed by atoms with E-state index in [1.165, 1.54) is 0 Å². The van der Waals surface area contributed by atoms with E-state index < -0.39 is 11.4 Å². The van der Waals surface area contributed by atoms with Gasteiger partial charge < -0.3 is 10.0 Å². The van der Waals surface area contributed by atoms with Crippen molar-refractivity contribution in [1.29, 1.82) is 0 Å². The summed E-state index contributed by atoms with van der Waals surface area (Å²) in [6.45, 7) is 1.84. The maximum Gasteiger partial charge on any atom is 0.304 e. The highest BCUT2D eigenvalue weighted by atomic mass is 35.5. The summed E-state index contributed by atoms with van der Waals surface area (Å²) in [5.74, 6) is -0.0132. The molecule has 0 bridgehead atoms. The highest BCUT2D eigenvalue weighted by molar-refractivity contribution is 6.30. The third kappa shape index (κ3) is 4.52. The van der Waals surface area contributed by atoms with E-state index in [0.29, 0.717) is 28.3 Å². The van der Waals surface area contributed by atoms with Crippen LogP contribution < -0.4 is 0 Å². The molecule has 1 N–H and O–H groups in total. The molecule has 4 nitrogen and oxygen atoms in total. The van der Waals surface area contributed by atoms with Crippen molar-refractivity contribution in [2.75, 3.05) is 0 Å². The van der Waals surface area contributed by atoms with Crippen LogP contribution in [0.25, 0.3) is 0 Å². The Morgan fingerprint density at radius 3 is 2.21 bits per heavy atom. The van der Waals surface area contributed by atoms with Crippen LogP contribution in [-0.2, 0) is 9.59 Å². The molecular formula is C27H29Cl2NO3. The van der Waals surface area contributed by atoms with Gasteiger partial charge in [0.25, 0.3) is 0 Å². The van der Waals surface area contributed by atoms with Crippen LogP contribution in [0.1, 0.15) is 68.5 Å². The molecule has 0 aromatic heterocycles. The fourth-order valence-electron chi connectivity index (χ4n) is 5.92. The number of piperidine rings is 1. The van der Waals surface area contributed by atoms with E-state index in [9.17, 15) is 14.7 Å². The minimum absolute atomic E-state index is 0.0214. The topological polar surface area (TPSA) is 57.6 Å². The maximum absolute atomic E-state index is 14.2. The first-order valence-corrected chi connectivity index (χ1v) is 12.6. The van der Waals surface area contributed by atoms with E-state index in [1.54, 1.807) is 0 Å². The lowest BCUT2D eigenvalue weighted by Crippen LogP contribution is -2.57. The predicted molar refractivity (Wildman–Crippen MR) is 129 cm³/mol. The van der Waals surface area contributed by atoms with Gasteiger partial charge in [0.2, 0.25) is 5.91 Å². The highest BCUT2D eigenvalue weighted by Gasteiger charge is 2.57. The largest absolute Gasteiger partial charge is 0.481 e. The molecule has 2 aliphatic carbocycles. The number of carbonyl (C=O) groups is 2. The van der Waals surface area contributed by atoms with Crippen molar-refractivity contribution in [3.63, 3.8) is 0 Å². The van der Waals surface area contributed by atoms with Crippen molar-refractivity contribution >= 4 is 35.1 Å². The summed E-state index contributed by atoms with van der Waals surface area (Å²) >= 11 is 12.6. The number of carbonyl (C=O) groups excluding carboxylic acids is 1. The molecule has 33 heavy (non-hydrogen) atoms. The summed E-state index contributed by atoms with van der Waals surface area (Å²) in [4.78, 5) is 28.2. The number of likely N-dealkylation sites (tertiary alicyclic amines) is 1. The Bertz CT molecular complexity index is 1050. The number of carboxylic acid groups (broad SMARTS) is 1. The van der Waals surface area contributed by atoms with E-state index in [4.69, 9.17) is 23.2 Å². The predicted octanol–water partition coefficient (Wildman–Crippen LogP) is 6.72. The second-order valence-corrected chi connectivity index (χ2v) is 11.2. The van der Waals surface area contributed by atoms with Gasteiger partial charge in [0.15, 0.2) is 0 Å². The van der Waals surface area contributed by atoms with Crippen LogP contribution in [0.2, 0.25) is 10.0 Å². The Morgan fingerprint density at radius 1 is 1.03 bits per heavy atom. The quantitative estimate of drug-likeness (QED) is 0.473. The zero-order valence-electron chi connectivity index (χ0n) is 18.7. The number of rotatable bonds is 7. The van der Waals surface area contributed by atoms with Gasteiger partial charge in [0.1, 0.15) is 0 Å². The second kappa shape index (κ2) is 8.63. The van der Waals surface area contributed by atoms with Crippen LogP contribution in [0.3, 0.4) is 0 Å². The number of benzene rings is 2. The first-order valence-electron chi connectivity index (χ1n) is 11.8. The van der Waals surface area contributed by atoms with E-state index in [0.717, 1.165) is 36.8 Å². The Morgan fingerprint density at radius 2 is 1.67 bits per heavy atom. The molecule has 1 heterocycles. The number of carboxylic acids is 1. The molecule has 6 heteroatoms. The van der Waals surface area contributed by atoms with Crippen molar-refractivity contribution in [3.05, 3.63) is 69.7 Å². The lowest BCUT2D eigenvalue weighted by molar-refractivity contribution is -0.161. The van der Waals surface area contributed by atoms with E-state index in [1.807, 2.05) is 49.4 Å². The summed E-state index contributed by atoms with van der Waals surface area (Å²) in [6.07, 6.45) is 4.83. The van der Waals surface area contributed by atoms with E-state index in [-0.39, 0.29) is 30.3 Å². The van der Waals surface area contributed by atoms with Gasteiger partial charge in [-0.1, -0.05) is 54.4 Å². The standard InChI is InChI=1S/C27H29Cl2NO3/c1-27(15-23(31)32)14-22(19-3-2-4-21(29)13-19)25(18-9-11-20(28)12-10-18)30(26(27)33)24(16-5-6-16)17-7-8-17/h2-4,9-13,16-17,22,24-25H,5-8,14-15H2,1H3,(H,31,32). The number of hydrogen-bond donors (Lipinski definition) is 1. The molecule has 0 spiro atoms. The number of hydrogen-bond acceptors (Lipinski definition) is 2. The lowest BCUT2D eigenvalue weighted by atomic mass is 9.66. The van der Waals surface area contributed by atoms with Crippen LogP contribution >= 0.6 is 23.2 Å². The molecule has 3 aliphatic rings. The van der Waals surface area contributed by atoms with Crippen molar-refractivity contribution in [2.24, 2.45) is 17.3 Å². The lowest BCUT2D eigenvalue weighted by Gasteiger charge is -2.52. The van der Waals surface area contributed by atoms with Gasteiger partial charge in [0.05, 0.1) is 17.9 Å². The van der Waals surface area contributed by atoms with Gasteiger partial charge in [-0.25, -0.2) is 0 Å². The molecule has 3 atom stereocenters. The normalized spacial score (nSPS) is 27.8. The minimum Gasteiger partial charge on any atom is -0.481 e. The molecule has 1 saturated heterocycles. The Kier molecular flexibility index (Phi) is 5.95. The fraction of sp³-hybridized carbons (Fsp3) is 0.481. The summed E-state index contributed by atoms with van der Waals surface area (Å²) in [7, 11) is 0. The van der Waals surface area contributed by atoms with Crippen molar-refractivity contribution < 1.29 is 14.7 Å². The smallest absolute Gasteiger partial charge is 0.304 e. The zero-order valence-corrected chi connectivity index (χ0v) is 20.2. The van der Waals surface area contributed by atoms with Crippen molar-refractivity contribution in [3.8, 4) is 0 Å². The van der Waals surface area contributed by atoms with Crippen LogP contribution in [0.4, 0.5) is 0 Å². The van der Waals surface area contributed by atoms with Crippen molar-refractivity contribution in [2.45, 2.75) is 63.5 Å². The number of amides is 1. The molecule has 2 aromatic carbocycles. The first-order chi connectivity index (χ1) is 15.8. The number of halogens is 2. The molecule has 3 unspecified atom stereocenters. The molecule has 3 fully saturated rings. The Hall–Kier alpha value is -2.04. The maximum atomic E-state index is 14.2. The van der Waals surface area contributed by atoms with E-state index >= 15 is 0 Å². The molecule has 174 valence electrons. The number of nitrogens with zero attached hydrogens (tertiary/aromatic N) is 1. The van der Waals surface area contributed by atoms with E-state index in [2.05, 4.69) is 11.0 Å². The van der Waals surface area contributed by atoms with Crippen LogP contribution in [0, 0.1) is 17.3 Å². The fourth-order valence-corrected chi connectivity index (χ4v) is 6.25. The van der Waals surface area contributed by atoms with Crippen molar-refractivity contribution in [1.82, 2.24) is 4.90 Å². The molecular weight excluding hydrogens is 457 g/mol. The summed E-state index contributed by atoms with van der Waals surface area (Å²) in [5.41, 5.74) is 1.12. The monoisotopic (exact) mass is 485 g/mol. The zero-order chi connectivity index (χ0) is 23.3. The minimum atomic E-state index is -0.968. The highest BCUT2D eigenvalue weighted by Crippen LogP contribution is 2.57.